The maximum Gasteiger partial charge on any atom is 0.221 e. The maximum atomic E-state index is 11.5. The molecule has 0 radical (unpaired) electrons. The number of nitrogens with one attached hydrogen (secondary N) is 2. The van der Waals surface area contributed by atoms with Crippen LogP contribution in [0.4, 0.5) is 10.1 Å². The van der Waals surface area contributed by atoms with E-state index in [9.17, 15) is 4.79 Å². The normalized spacial score (nSPS) is 10.9. The molecule has 0 atom stereocenters. The fourth-order valence-corrected chi connectivity index (χ4v) is 3.24. The van der Waals surface area contributed by atoms with Crippen molar-refractivity contribution >= 4 is 45.2 Å². The largest absolute Gasteiger partial charge is 0.316 e. The first-order valence-corrected chi connectivity index (χ1v) is 9.11. The van der Waals surface area contributed by atoms with Crippen LogP contribution in [0.15, 0.2) is 53.6 Å². The molecule has 0 unspecified atom stereocenters. The van der Waals surface area contributed by atoms with E-state index >= 15 is 0 Å². The van der Waals surface area contributed by atoms with E-state index in [0.29, 0.717) is 15.2 Å². The number of hydrogen-bond donors (Lipinski definition) is 2. The summed E-state index contributed by atoms with van der Waals surface area (Å²) in [6, 6.07) is 15.3. The van der Waals surface area contributed by atoms with Gasteiger partial charge >= 0.3 is 0 Å². The van der Waals surface area contributed by atoms with E-state index in [1.165, 1.54) is 18.3 Å². The summed E-state index contributed by atoms with van der Waals surface area (Å²) in [5.74, 6) is -0.141. The molecular weight excluding hydrogens is 368 g/mol. The highest BCUT2D eigenvalue weighted by molar-refractivity contribution is 7.20. The first kappa shape index (κ1) is 18.1. The Bertz CT molecular complexity index is 933. The van der Waals surface area contributed by atoms with E-state index in [2.05, 4.69) is 20.8 Å². The van der Waals surface area contributed by atoms with Crippen molar-refractivity contribution in [1.82, 2.24) is 4.98 Å². The maximum absolute atomic E-state index is 11.5. The van der Waals surface area contributed by atoms with Crippen molar-refractivity contribution in [3.8, 4) is 11.3 Å². The molecule has 0 aliphatic heterocycles. The van der Waals surface area contributed by atoms with Gasteiger partial charge < -0.3 is 5.32 Å². The molecule has 7 heteroatoms. The third-order valence-electron chi connectivity index (χ3n) is 3.49. The van der Waals surface area contributed by atoms with Gasteiger partial charge in [-0.3, -0.25) is 10.2 Å². The number of halogens is 1. The van der Waals surface area contributed by atoms with Gasteiger partial charge in [0.25, 0.3) is 0 Å². The van der Waals surface area contributed by atoms with Crippen LogP contribution in [-0.2, 0) is 4.79 Å². The number of benzene rings is 2. The van der Waals surface area contributed by atoms with Crippen molar-refractivity contribution < 1.29 is 4.79 Å². The van der Waals surface area contributed by atoms with E-state index in [1.54, 1.807) is 18.3 Å². The molecule has 2 aromatic carbocycles. The van der Waals surface area contributed by atoms with Crippen LogP contribution in [0.25, 0.3) is 11.3 Å². The number of aromatic nitrogens is 1. The minimum Gasteiger partial charge on any atom is -0.316 e. The van der Waals surface area contributed by atoms with Gasteiger partial charge in [0, 0.05) is 17.5 Å². The summed E-state index contributed by atoms with van der Waals surface area (Å²) in [6.07, 6.45) is 1.68. The van der Waals surface area contributed by atoms with E-state index in [0.717, 1.165) is 22.4 Å². The summed E-state index contributed by atoms with van der Waals surface area (Å²) < 4.78 is 0. The van der Waals surface area contributed by atoms with Gasteiger partial charge in [-0.1, -0.05) is 64.9 Å². The first-order valence-electron chi connectivity index (χ1n) is 7.91. The van der Waals surface area contributed by atoms with Crippen LogP contribution in [0.2, 0.25) is 5.02 Å². The lowest BCUT2D eigenvalue weighted by Crippen LogP contribution is -2.05. The molecule has 26 heavy (non-hydrogen) atoms. The lowest BCUT2D eigenvalue weighted by molar-refractivity contribution is -0.114. The number of hydrogen-bond acceptors (Lipinski definition) is 5. The molecule has 0 saturated heterocycles. The van der Waals surface area contributed by atoms with Crippen molar-refractivity contribution in [2.45, 2.75) is 13.8 Å². The zero-order chi connectivity index (χ0) is 18.5. The molecule has 0 spiro atoms. The molecule has 0 fully saturated rings. The zero-order valence-corrected chi connectivity index (χ0v) is 15.9. The highest BCUT2D eigenvalue weighted by Gasteiger charge is 2.14. The summed E-state index contributed by atoms with van der Waals surface area (Å²) in [5.41, 5.74) is 6.65. The van der Waals surface area contributed by atoms with Crippen LogP contribution >= 0.6 is 22.9 Å². The number of aryl methyl sites for hydroxylation is 1. The number of anilines is 2. The van der Waals surface area contributed by atoms with Crippen molar-refractivity contribution in [2.75, 3.05) is 10.7 Å². The molecule has 5 nitrogen and oxygen atoms in total. The van der Waals surface area contributed by atoms with Crippen molar-refractivity contribution in [2.24, 2.45) is 5.10 Å². The van der Waals surface area contributed by atoms with Crippen LogP contribution in [0.3, 0.4) is 0 Å². The van der Waals surface area contributed by atoms with Crippen LogP contribution in [0.1, 0.15) is 18.1 Å². The van der Waals surface area contributed by atoms with Gasteiger partial charge in [0.2, 0.25) is 11.0 Å². The van der Waals surface area contributed by atoms with Gasteiger partial charge in [0.15, 0.2) is 0 Å². The number of carbonyl (C=O) groups is 1. The quantitative estimate of drug-likeness (QED) is 0.470. The third-order valence-corrected chi connectivity index (χ3v) is 4.61. The molecule has 0 aliphatic carbocycles. The minimum atomic E-state index is -0.141. The van der Waals surface area contributed by atoms with E-state index in [1.807, 2.05) is 43.3 Å². The van der Waals surface area contributed by atoms with Gasteiger partial charge in [0.05, 0.1) is 6.21 Å². The molecule has 0 aliphatic rings. The number of hydrazone groups is 1. The number of nitrogens with zero attached hydrogens (tertiary/aromatic N) is 2. The van der Waals surface area contributed by atoms with Gasteiger partial charge in [0.1, 0.15) is 10.7 Å². The molecule has 1 aromatic heterocycles. The molecule has 1 heterocycles. The predicted molar refractivity (Wildman–Crippen MR) is 109 cm³/mol. The summed E-state index contributed by atoms with van der Waals surface area (Å²) in [6.45, 7) is 3.50. The highest BCUT2D eigenvalue weighted by atomic mass is 35.5. The minimum absolute atomic E-state index is 0.141. The standard InChI is InChI=1S/C19H17ClN4OS/c1-12-3-7-15(8-4-12)17-18(22-13(2)25)26-19(23-17)24-21-11-14-5-9-16(20)10-6-14/h3-11H,1-2H3,(H,22,25)(H,23,24)/b21-11+. The van der Waals surface area contributed by atoms with Gasteiger partial charge in [-0.2, -0.15) is 5.10 Å². The average molecular weight is 385 g/mol. The molecule has 3 aromatic rings. The zero-order valence-electron chi connectivity index (χ0n) is 14.3. The average Bonchev–Trinajstić information content (AvgIpc) is 2.99. The molecule has 2 N–H and O–H groups in total. The Balaban J connectivity index is 1.82. The lowest BCUT2D eigenvalue weighted by Gasteiger charge is -2.02. The van der Waals surface area contributed by atoms with Crippen molar-refractivity contribution in [1.29, 1.82) is 0 Å². The molecule has 132 valence electrons. The molecule has 0 bridgehead atoms. The second-order valence-corrected chi connectivity index (χ2v) is 7.10. The van der Waals surface area contributed by atoms with Crippen LogP contribution in [-0.4, -0.2) is 17.1 Å². The summed E-state index contributed by atoms with van der Waals surface area (Å²) in [4.78, 5) is 16.1. The van der Waals surface area contributed by atoms with Gasteiger partial charge in [-0.25, -0.2) is 4.98 Å². The Hall–Kier alpha value is -2.70. The second-order valence-electron chi connectivity index (χ2n) is 5.67. The molecular formula is C19H17ClN4OS. The van der Waals surface area contributed by atoms with Crippen molar-refractivity contribution in [3.63, 3.8) is 0 Å². The molecule has 0 saturated carbocycles. The van der Waals surface area contributed by atoms with Crippen LogP contribution in [0.5, 0.6) is 0 Å². The van der Waals surface area contributed by atoms with Crippen molar-refractivity contribution in [3.05, 3.63) is 64.7 Å². The SMILES string of the molecule is CC(=O)Nc1sc(N/N=C/c2ccc(Cl)cc2)nc1-c1ccc(C)cc1. The number of carbonyl (C=O) groups excluding carboxylic acids is 1. The van der Waals surface area contributed by atoms with E-state index < -0.39 is 0 Å². The lowest BCUT2D eigenvalue weighted by atomic mass is 10.1. The second kappa shape index (κ2) is 8.12. The summed E-state index contributed by atoms with van der Waals surface area (Å²) in [5, 5.41) is 8.99. The Kier molecular flexibility index (Phi) is 5.65. The van der Waals surface area contributed by atoms with E-state index in [4.69, 9.17) is 11.6 Å². The van der Waals surface area contributed by atoms with Gasteiger partial charge in [-0.05, 0) is 24.6 Å². The van der Waals surface area contributed by atoms with Crippen LogP contribution in [0, 0.1) is 6.92 Å². The summed E-state index contributed by atoms with van der Waals surface area (Å²) >= 11 is 7.20. The van der Waals surface area contributed by atoms with Crippen LogP contribution < -0.4 is 10.7 Å². The molecule has 3 rings (SSSR count). The van der Waals surface area contributed by atoms with E-state index in [-0.39, 0.29) is 5.91 Å². The summed E-state index contributed by atoms with van der Waals surface area (Å²) in [7, 11) is 0. The Morgan fingerprint density at radius 3 is 2.50 bits per heavy atom. The Morgan fingerprint density at radius 1 is 1.15 bits per heavy atom. The van der Waals surface area contributed by atoms with Gasteiger partial charge in [-0.15, -0.1) is 0 Å². The monoisotopic (exact) mass is 384 g/mol. The highest BCUT2D eigenvalue weighted by Crippen LogP contribution is 2.36. The Morgan fingerprint density at radius 2 is 1.85 bits per heavy atom. The Labute approximate surface area is 160 Å². The smallest absolute Gasteiger partial charge is 0.221 e. The molecule has 1 amide bonds. The first-order chi connectivity index (χ1) is 12.5. The fraction of sp³-hybridized carbons (Fsp3) is 0.105. The fourth-order valence-electron chi connectivity index (χ4n) is 2.23. The predicted octanol–water partition coefficient (Wildman–Crippen LogP) is 5.18. The number of thiazole rings is 1. The topological polar surface area (TPSA) is 66.4 Å². The third kappa shape index (κ3) is 4.68. The number of rotatable bonds is 5. The number of amides is 1.